The maximum atomic E-state index is 12.0. The zero-order chi connectivity index (χ0) is 14.5. The average Bonchev–Trinajstić information content (AvgIpc) is 2.44. The summed E-state index contributed by atoms with van der Waals surface area (Å²) >= 11 is 0. The monoisotopic (exact) mass is 265 g/mol. The van der Waals surface area contributed by atoms with E-state index >= 15 is 0 Å². The second kappa shape index (κ2) is 6.57. The molecule has 0 aliphatic heterocycles. The molecule has 0 atom stereocenters. The predicted molar refractivity (Wildman–Crippen MR) is 77.0 cm³/mol. The molecule has 4 heteroatoms. The molecule has 0 unspecified atom stereocenters. The Kier molecular flexibility index (Phi) is 5.36. The van der Waals surface area contributed by atoms with E-state index in [4.69, 9.17) is 9.47 Å². The standard InChI is InChI=1S/C15H23NO3/c1-15(2,19-5)14(17)10-11-16(3)12-8-6-7-9-13(12)18-4/h6-9H,10-11H2,1-5H3. The third-order valence-corrected chi connectivity index (χ3v) is 3.35. The first-order valence-electron chi connectivity index (χ1n) is 6.35. The number of ether oxygens (including phenoxy) is 2. The van der Waals surface area contributed by atoms with Crippen LogP contribution in [0.4, 0.5) is 5.69 Å². The van der Waals surface area contributed by atoms with Crippen molar-refractivity contribution in [2.45, 2.75) is 25.9 Å². The summed E-state index contributed by atoms with van der Waals surface area (Å²) in [5, 5.41) is 0. The zero-order valence-corrected chi connectivity index (χ0v) is 12.4. The molecule has 0 bridgehead atoms. The van der Waals surface area contributed by atoms with Crippen LogP contribution in [-0.4, -0.2) is 39.2 Å². The second-order valence-corrected chi connectivity index (χ2v) is 4.98. The molecule has 4 nitrogen and oxygen atoms in total. The maximum absolute atomic E-state index is 12.0. The van der Waals surface area contributed by atoms with Crippen LogP contribution in [0.2, 0.25) is 0 Å². The minimum Gasteiger partial charge on any atom is -0.495 e. The second-order valence-electron chi connectivity index (χ2n) is 4.98. The van der Waals surface area contributed by atoms with Crippen LogP contribution >= 0.6 is 0 Å². The molecule has 0 N–H and O–H groups in total. The van der Waals surface area contributed by atoms with Gasteiger partial charge in [-0.2, -0.15) is 0 Å². The van der Waals surface area contributed by atoms with E-state index in [2.05, 4.69) is 0 Å². The van der Waals surface area contributed by atoms with E-state index in [0.717, 1.165) is 11.4 Å². The van der Waals surface area contributed by atoms with Gasteiger partial charge in [-0.05, 0) is 26.0 Å². The normalized spacial score (nSPS) is 11.2. The highest BCUT2D eigenvalue weighted by Gasteiger charge is 2.26. The number of hydrogen-bond acceptors (Lipinski definition) is 4. The quantitative estimate of drug-likeness (QED) is 0.759. The molecule has 0 amide bonds. The molecule has 0 radical (unpaired) electrons. The number of carbonyl (C=O) groups excluding carboxylic acids is 1. The number of carbonyl (C=O) groups is 1. The van der Waals surface area contributed by atoms with E-state index in [-0.39, 0.29) is 5.78 Å². The number of hydrogen-bond donors (Lipinski definition) is 0. The lowest BCUT2D eigenvalue weighted by molar-refractivity contribution is -0.136. The Bertz CT molecular complexity index is 429. The van der Waals surface area contributed by atoms with Gasteiger partial charge in [-0.3, -0.25) is 4.79 Å². The van der Waals surface area contributed by atoms with Crippen molar-refractivity contribution in [3.63, 3.8) is 0 Å². The van der Waals surface area contributed by atoms with Crippen LogP contribution in [0.3, 0.4) is 0 Å². The van der Waals surface area contributed by atoms with Crippen molar-refractivity contribution >= 4 is 11.5 Å². The van der Waals surface area contributed by atoms with Gasteiger partial charge in [0.25, 0.3) is 0 Å². The van der Waals surface area contributed by atoms with E-state index in [1.54, 1.807) is 28.1 Å². The summed E-state index contributed by atoms with van der Waals surface area (Å²) < 4.78 is 10.5. The molecule has 19 heavy (non-hydrogen) atoms. The topological polar surface area (TPSA) is 38.8 Å². The summed E-state index contributed by atoms with van der Waals surface area (Å²) in [4.78, 5) is 14.0. The minimum absolute atomic E-state index is 0.0942. The maximum Gasteiger partial charge on any atom is 0.165 e. The van der Waals surface area contributed by atoms with Gasteiger partial charge >= 0.3 is 0 Å². The lowest BCUT2D eigenvalue weighted by atomic mass is 10.0. The smallest absolute Gasteiger partial charge is 0.165 e. The van der Waals surface area contributed by atoms with Gasteiger partial charge in [0.05, 0.1) is 12.8 Å². The predicted octanol–water partition coefficient (Wildman–Crippen LogP) is 2.52. The number of nitrogens with zero attached hydrogens (tertiary/aromatic N) is 1. The van der Waals surface area contributed by atoms with Crippen LogP contribution in [0.15, 0.2) is 24.3 Å². The van der Waals surface area contributed by atoms with Crippen molar-refractivity contribution < 1.29 is 14.3 Å². The number of anilines is 1. The van der Waals surface area contributed by atoms with Crippen LogP contribution < -0.4 is 9.64 Å². The molecule has 0 aromatic heterocycles. The van der Waals surface area contributed by atoms with Gasteiger partial charge in [0, 0.05) is 27.1 Å². The highest BCUT2D eigenvalue weighted by atomic mass is 16.5. The summed E-state index contributed by atoms with van der Waals surface area (Å²) in [6.45, 7) is 4.21. The van der Waals surface area contributed by atoms with E-state index in [9.17, 15) is 4.79 Å². The number of rotatable bonds is 7. The van der Waals surface area contributed by atoms with Gasteiger partial charge in [0.2, 0.25) is 0 Å². The molecule has 1 rings (SSSR count). The van der Waals surface area contributed by atoms with Crippen molar-refractivity contribution in [1.82, 2.24) is 0 Å². The van der Waals surface area contributed by atoms with Gasteiger partial charge in [-0.15, -0.1) is 0 Å². The van der Waals surface area contributed by atoms with E-state index in [1.807, 2.05) is 36.2 Å². The fourth-order valence-electron chi connectivity index (χ4n) is 1.75. The lowest BCUT2D eigenvalue weighted by Crippen LogP contribution is -2.36. The molecular formula is C15H23NO3. The first-order chi connectivity index (χ1) is 8.92. The highest BCUT2D eigenvalue weighted by Crippen LogP contribution is 2.26. The Morgan fingerprint density at radius 1 is 1.26 bits per heavy atom. The van der Waals surface area contributed by atoms with Crippen molar-refractivity contribution in [3.05, 3.63) is 24.3 Å². The highest BCUT2D eigenvalue weighted by molar-refractivity contribution is 5.86. The average molecular weight is 265 g/mol. The molecule has 0 aliphatic rings. The minimum atomic E-state index is -0.721. The third kappa shape index (κ3) is 3.96. The summed E-state index contributed by atoms with van der Waals surface area (Å²) in [5.74, 6) is 0.903. The van der Waals surface area contributed by atoms with Crippen LogP contribution in [0.25, 0.3) is 0 Å². The number of para-hydroxylation sites is 2. The SMILES string of the molecule is COc1ccccc1N(C)CCC(=O)C(C)(C)OC. The summed E-state index contributed by atoms with van der Waals surface area (Å²) in [6.07, 6.45) is 0.440. The van der Waals surface area contributed by atoms with Crippen LogP contribution in [0.5, 0.6) is 5.75 Å². The summed E-state index contributed by atoms with van der Waals surface area (Å²) in [5.41, 5.74) is 0.259. The first-order valence-corrected chi connectivity index (χ1v) is 6.35. The van der Waals surface area contributed by atoms with Gasteiger partial charge in [0.1, 0.15) is 11.4 Å². The molecule has 0 spiro atoms. The van der Waals surface area contributed by atoms with Crippen molar-refractivity contribution in [2.24, 2.45) is 0 Å². The molecule has 0 saturated heterocycles. The number of ketones is 1. The van der Waals surface area contributed by atoms with Crippen molar-refractivity contribution in [1.29, 1.82) is 0 Å². The Hall–Kier alpha value is -1.55. The van der Waals surface area contributed by atoms with E-state index < -0.39 is 5.60 Å². The summed E-state index contributed by atoms with van der Waals surface area (Å²) in [7, 11) is 5.15. The number of methoxy groups -OCH3 is 2. The van der Waals surface area contributed by atoms with Crippen molar-refractivity contribution in [3.8, 4) is 5.75 Å². The first kappa shape index (κ1) is 15.5. The fourth-order valence-corrected chi connectivity index (χ4v) is 1.75. The van der Waals surface area contributed by atoms with Crippen LogP contribution in [0.1, 0.15) is 20.3 Å². The van der Waals surface area contributed by atoms with Gasteiger partial charge < -0.3 is 14.4 Å². The Morgan fingerprint density at radius 3 is 2.47 bits per heavy atom. The molecule has 0 heterocycles. The van der Waals surface area contributed by atoms with Crippen molar-refractivity contribution in [2.75, 3.05) is 32.7 Å². The fraction of sp³-hybridized carbons (Fsp3) is 0.533. The Morgan fingerprint density at radius 2 is 1.89 bits per heavy atom. The van der Waals surface area contributed by atoms with Crippen LogP contribution in [-0.2, 0) is 9.53 Å². The molecule has 1 aromatic rings. The lowest BCUT2D eigenvalue weighted by Gasteiger charge is -2.25. The number of Topliss-reactive ketones (excluding diaryl/α,β-unsaturated/α-hetero) is 1. The Balaban J connectivity index is 2.66. The van der Waals surface area contributed by atoms with Gasteiger partial charge in [0.15, 0.2) is 5.78 Å². The molecule has 0 fully saturated rings. The van der Waals surface area contributed by atoms with Gasteiger partial charge in [-0.1, -0.05) is 12.1 Å². The molecule has 0 aliphatic carbocycles. The molecule has 1 aromatic carbocycles. The van der Waals surface area contributed by atoms with Crippen LogP contribution in [0, 0.1) is 0 Å². The molecular weight excluding hydrogens is 242 g/mol. The largest absolute Gasteiger partial charge is 0.495 e. The number of benzene rings is 1. The third-order valence-electron chi connectivity index (χ3n) is 3.35. The molecule has 0 saturated carbocycles. The zero-order valence-electron chi connectivity index (χ0n) is 12.4. The molecule has 106 valence electrons. The van der Waals surface area contributed by atoms with E-state index in [1.165, 1.54) is 0 Å². The summed E-state index contributed by atoms with van der Waals surface area (Å²) in [6, 6.07) is 7.77. The Labute approximate surface area is 115 Å². The van der Waals surface area contributed by atoms with Gasteiger partial charge in [-0.25, -0.2) is 0 Å². The van der Waals surface area contributed by atoms with E-state index in [0.29, 0.717) is 13.0 Å².